The number of hydrogen-bond donors (Lipinski definition) is 2. The summed E-state index contributed by atoms with van der Waals surface area (Å²) >= 11 is 0. The second-order valence-electron chi connectivity index (χ2n) is 8.42. The third-order valence-electron chi connectivity index (χ3n) is 6.14. The van der Waals surface area contributed by atoms with Crippen LogP contribution >= 0.6 is 0 Å². The molecule has 0 atom stereocenters. The summed E-state index contributed by atoms with van der Waals surface area (Å²) in [6, 6.07) is 6.02. The molecule has 0 radical (unpaired) electrons. The summed E-state index contributed by atoms with van der Waals surface area (Å²) in [5.41, 5.74) is 7.85. The Morgan fingerprint density at radius 3 is 2.79 bits per heavy atom. The standard InChI is InChI=1S/C21H24N6O/c1-21(2)15-17(22)24-19(25-18(15)26-20(21)28)16-13-9-5-6-10-27(13)14(23-16)11-12-7-3-4-8-12/h5-6,9-10,12H,3-4,7-8,11H2,1-2H3,(H3,22,24,25,26,28). The molecular weight excluding hydrogens is 352 g/mol. The largest absolute Gasteiger partial charge is 0.383 e. The Hall–Kier alpha value is -2.96. The lowest BCUT2D eigenvalue weighted by molar-refractivity contribution is -0.119. The molecule has 0 aromatic carbocycles. The van der Waals surface area contributed by atoms with Gasteiger partial charge in [-0.25, -0.2) is 15.0 Å². The van der Waals surface area contributed by atoms with Gasteiger partial charge in [0.15, 0.2) is 5.82 Å². The fraction of sp³-hybridized carbons (Fsp3) is 0.429. The van der Waals surface area contributed by atoms with Gasteiger partial charge in [-0.05, 0) is 31.9 Å². The summed E-state index contributed by atoms with van der Waals surface area (Å²) in [5, 5.41) is 2.85. The van der Waals surface area contributed by atoms with E-state index in [9.17, 15) is 4.79 Å². The van der Waals surface area contributed by atoms with Gasteiger partial charge in [0.2, 0.25) is 5.91 Å². The lowest BCUT2D eigenvalue weighted by Crippen LogP contribution is -2.27. The number of nitrogen functional groups attached to an aromatic ring is 1. The minimum absolute atomic E-state index is 0.114. The van der Waals surface area contributed by atoms with Crippen molar-refractivity contribution in [3.05, 3.63) is 35.8 Å². The van der Waals surface area contributed by atoms with Crippen LogP contribution < -0.4 is 11.1 Å². The highest BCUT2D eigenvalue weighted by Crippen LogP contribution is 2.40. The van der Waals surface area contributed by atoms with Crippen molar-refractivity contribution in [3.8, 4) is 11.5 Å². The van der Waals surface area contributed by atoms with Gasteiger partial charge < -0.3 is 15.5 Å². The number of nitrogens with one attached hydrogen (secondary N) is 1. The Labute approximate surface area is 163 Å². The lowest BCUT2D eigenvalue weighted by Gasteiger charge is -2.16. The highest BCUT2D eigenvalue weighted by Gasteiger charge is 2.42. The van der Waals surface area contributed by atoms with Gasteiger partial charge in [-0.1, -0.05) is 31.7 Å². The van der Waals surface area contributed by atoms with Gasteiger partial charge in [0.05, 0.1) is 16.5 Å². The smallest absolute Gasteiger partial charge is 0.235 e. The molecule has 1 aliphatic carbocycles. The summed E-state index contributed by atoms with van der Waals surface area (Å²) in [6.45, 7) is 3.67. The second kappa shape index (κ2) is 6.02. The van der Waals surface area contributed by atoms with Crippen molar-refractivity contribution >= 4 is 23.1 Å². The van der Waals surface area contributed by atoms with Crippen LogP contribution in [0.25, 0.3) is 17.0 Å². The van der Waals surface area contributed by atoms with Crippen molar-refractivity contribution in [1.82, 2.24) is 19.4 Å². The number of pyridine rings is 1. The van der Waals surface area contributed by atoms with E-state index < -0.39 is 5.41 Å². The molecule has 3 N–H and O–H groups in total. The van der Waals surface area contributed by atoms with E-state index in [1.54, 1.807) is 0 Å². The summed E-state index contributed by atoms with van der Waals surface area (Å²) < 4.78 is 2.13. The maximum Gasteiger partial charge on any atom is 0.235 e. The first-order valence-electron chi connectivity index (χ1n) is 9.91. The van der Waals surface area contributed by atoms with Crippen LogP contribution in [0.5, 0.6) is 0 Å². The molecule has 0 spiro atoms. The van der Waals surface area contributed by atoms with Gasteiger partial charge in [-0.3, -0.25) is 4.79 Å². The number of nitrogens with zero attached hydrogens (tertiary/aromatic N) is 4. The van der Waals surface area contributed by atoms with Crippen LogP contribution in [-0.4, -0.2) is 25.3 Å². The second-order valence-corrected chi connectivity index (χ2v) is 8.42. The molecule has 0 bridgehead atoms. The lowest BCUT2D eigenvalue weighted by atomic mass is 9.87. The predicted octanol–water partition coefficient (Wildman–Crippen LogP) is 3.34. The van der Waals surface area contributed by atoms with E-state index in [1.807, 2.05) is 38.2 Å². The molecule has 3 aromatic rings. The normalized spacial score (nSPS) is 18.6. The minimum atomic E-state index is -0.734. The zero-order valence-electron chi connectivity index (χ0n) is 16.2. The molecule has 0 unspecified atom stereocenters. The van der Waals surface area contributed by atoms with E-state index in [4.69, 9.17) is 10.7 Å². The Balaban J connectivity index is 1.63. The molecule has 28 heavy (non-hydrogen) atoms. The molecule has 1 saturated carbocycles. The first kappa shape index (κ1) is 17.2. The SMILES string of the molecule is CC1(C)C(=O)Nc2nc(-c3nc(CC4CCCC4)n4ccccc34)nc(N)c21. The Kier molecular flexibility index (Phi) is 3.69. The average molecular weight is 376 g/mol. The number of anilines is 2. The molecular formula is C21H24N6O. The number of rotatable bonds is 3. The van der Waals surface area contributed by atoms with Crippen molar-refractivity contribution in [2.75, 3.05) is 11.1 Å². The van der Waals surface area contributed by atoms with Crippen LogP contribution in [-0.2, 0) is 16.6 Å². The maximum absolute atomic E-state index is 12.3. The van der Waals surface area contributed by atoms with Crippen LogP contribution in [0.15, 0.2) is 24.4 Å². The molecule has 1 amide bonds. The third kappa shape index (κ3) is 2.49. The molecule has 4 heterocycles. The predicted molar refractivity (Wildman–Crippen MR) is 108 cm³/mol. The zero-order valence-corrected chi connectivity index (χ0v) is 16.2. The summed E-state index contributed by atoms with van der Waals surface area (Å²) in [4.78, 5) is 26.4. The van der Waals surface area contributed by atoms with Crippen molar-refractivity contribution in [3.63, 3.8) is 0 Å². The molecule has 7 nitrogen and oxygen atoms in total. The summed E-state index contributed by atoms with van der Waals surface area (Å²) in [5.74, 6) is 2.88. The van der Waals surface area contributed by atoms with Crippen molar-refractivity contribution in [1.29, 1.82) is 0 Å². The van der Waals surface area contributed by atoms with E-state index in [2.05, 4.69) is 19.7 Å². The number of amides is 1. The van der Waals surface area contributed by atoms with E-state index in [0.717, 1.165) is 17.8 Å². The van der Waals surface area contributed by atoms with Crippen molar-refractivity contribution in [2.45, 2.75) is 51.4 Å². The number of carbonyl (C=O) groups is 1. The van der Waals surface area contributed by atoms with Crippen molar-refractivity contribution in [2.24, 2.45) is 5.92 Å². The molecule has 5 rings (SSSR count). The van der Waals surface area contributed by atoms with E-state index >= 15 is 0 Å². The first-order valence-corrected chi connectivity index (χ1v) is 9.91. The van der Waals surface area contributed by atoms with Gasteiger partial charge >= 0.3 is 0 Å². The van der Waals surface area contributed by atoms with Gasteiger partial charge in [-0.15, -0.1) is 0 Å². The highest BCUT2D eigenvalue weighted by atomic mass is 16.2. The third-order valence-corrected chi connectivity index (χ3v) is 6.14. The van der Waals surface area contributed by atoms with Crippen molar-refractivity contribution < 1.29 is 4.79 Å². The molecule has 2 aliphatic rings. The zero-order chi connectivity index (χ0) is 19.5. The van der Waals surface area contributed by atoms with Crippen LogP contribution in [0, 0.1) is 5.92 Å². The van der Waals surface area contributed by atoms with Crippen LogP contribution in [0.4, 0.5) is 11.6 Å². The van der Waals surface area contributed by atoms with E-state index in [-0.39, 0.29) is 5.91 Å². The number of fused-ring (bicyclic) bond motifs is 2. The molecule has 0 saturated heterocycles. The number of nitrogens with two attached hydrogens (primary N) is 1. The molecule has 7 heteroatoms. The fourth-order valence-electron chi connectivity index (χ4n) is 4.55. The number of carbonyl (C=O) groups excluding carboxylic acids is 1. The Morgan fingerprint density at radius 2 is 2.00 bits per heavy atom. The number of hydrogen-bond acceptors (Lipinski definition) is 5. The fourth-order valence-corrected chi connectivity index (χ4v) is 4.55. The molecule has 1 fully saturated rings. The average Bonchev–Trinajstić information content (AvgIpc) is 3.34. The highest BCUT2D eigenvalue weighted by molar-refractivity contribution is 6.06. The molecule has 1 aliphatic heterocycles. The quantitative estimate of drug-likeness (QED) is 0.730. The van der Waals surface area contributed by atoms with E-state index in [1.165, 1.54) is 25.7 Å². The van der Waals surface area contributed by atoms with Crippen LogP contribution in [0.3, 0.4) is 0 Å². The van der Waals surface area contributed by atoms with Gasteiger partial charge in [0.1, 0.15) is 23.2 Å². The monoisotopic (exact) mass is 376 g/mol. The summed E-state index contributed by atoms with van der Waals surface area (Å²) in [7, 11) is 0. The van der Waals surface area contributed by atoms with Gasteiger partial charge in [-0.2, -0.15) is 0 Å². The maximum atomic E-state index is 12.3. The van der Waals surface area contributed by atoms with Crippen LogP contribution in [0.2, 0.25) is 0 Å². The van der Waals surface area contributed by atoms with Crippen LogP contribution in [0.1, 0.15) is 50.9 Å². The van der Waals surface area contributed by atoms with Gasteiger partial charge in [0, 0.05) is 12.6 Å². The number of aromatic nitrogens is 4. The Morgan fingerprint density at radius 1 is 1.21 bits per heavy atom. The first-order chi connectivity index (χ1) is 13.4. The molecule has 3 aromatic heterocycles. The van der Waals surface area contributed by atoms with E-state index in [0.29, 0.717) is 34.6 Å². The van der Waals surface area contributed by atoms with Gasteiger partial charge in [0.25, 0.3) is 0 Å². The molecule has 144 valence electrons. The number of imidazole rings is 1. The topological polar surface area (TPSA) is 98.2 Å². The summed E-state index contributed by atoms with van der Waals surface area (Å²) in [6.07, 6.45) is 8.13. The Bertz CT molecular complexity index is 1090. The minimum Gasteiger partial charge on any atom is -0.383 e.